The molecule has 1 amide bonds. The zero-order valence-electron chi connectivity index (χ0n) is 9.77. The van der Waals surface area contributed by atoms with Gasteiger partial charge in [-0.15, -0.1) is 0 Å². The Bertz CT molecular complexity index is 599. The fourth-order valence-electron chi connectivity index (χ4n) is 1.61. The Balaban J connectivity index is 2.25. The third kappa shape index (κ3) is 2.68. The maximum atomic E-state index is 12.1. The first-order valence-electron chi connectivity index (χ1n) is 5.35. The summed E-state index contributed by atoms with van der Waals surface area (Å²) in [6, 6.07) is 6.93. The second-order valence-corrected chi connectivity index (χ2v) is 4.74. The predicted molar refractivity (Wildman–Crippen MR) is 75.5 cm³/mol. The van der Waals surface area contributed by atoms with Crippen molar-refractivity contribution >= 4 is 33.2 Å². The molecule has 0 unspecified atom stereocenters. The molecule has 3 N–H and O–H groups in total. The minimum absolute atomic E-state index is 0.167. The molecule has 2 rings (SSSR count). The monoisotopic (exact) mass is 305 g/mol. The lowest BCUT2D eigenvalue weighted by molar-refractivity contribution is 0.102. The number of anilines is 2. The summed E-state index contributed by atoms with van der Waals surface area (Å²) in [6.45, 7) is 1.85. The van der Waals surface area contributed by atoms with E-state index in [2.05, 4.69) is 26.2 Å². The molecule has 92 valence electrons. The van der Waals surface area contributed by atoms with E-state index in [0.29, 0.717) is 16.9 Å². The Morgan fingerprint density at radius 1 is 1.39 bits per heavy atom. The lowest BCUT2D eigenvalue weighted by atomic mass is 10.1. The van der Waals surface area contributed by atoms with Gasteiger partial charge in [0.15, 0.2) is 0 Å². The number of nitrogens with two attached hydrogens (primary N) is 1. The number of nitrogen functional groups attached to an aromatic ring is 1. The minimum Gasteiger partial charge on any atom is -0.399 e. The largest absolute Gasteiger partial charge is 0.399 e. The van der Waals surface area contributed by atoms with Crippen LogP contribution in [0, 0.1) is 6.92 Å². The number of amides is 1. The van der Waals surface area contributed by atoms with Crippen LogP contribution in [0.5, 0.6) is 0 Å². The van der Waals surface area contributed by atoms with E-state index in [4.69, 9.17) is 5.73 Å². The van der Waals surface area contributed by atoms with Gasteiger partial charge >= 0.3 is 0 Å². The molecule has 1 aromatic carbocycles. The van der Waals surface area contributed by atoms with E-state index in [0.717, 1.165) is 10.0 Å². The number of carbonyl (C=O) groups excluding carboxylic acids is 1. The lowest BCUT2D eigenvalue weighted by Crippen LogP contribution is -2.14. The van der Waals surface area contributed by atoms with Gasteiger partial charge in [-0.05, 0) is 52.7 Å². The Morgan fingerprint density at radius 3 is 2.83 bits per heavy atom. The molecule has 0 aliphatic carbocycles. The van der Waals surface area contributed by atoms with Crippen LogP contribution in [0.25, 0.3) is 0 Å². The van der Waals surface area contributed by atoms with Crippen LogP contribution in [-0.4, -0.2) is 10.9 Å². The van der Waals surface area contributed by atoms with Crippen LogP contribution in [0.1, 0.15) is 15.9 Å². The standard InChI is InChI=1S/C13H12BrN3O/c1-8-6-9(15)2-3-10(8)13(18)17-12-4-5-16-7-11(12)14/h2-7H,15H2,1H3,(H,16,17,18). The molecule has 0 radical (unpaired) electrons. The van der Waals surface area contributed by atoms with Crippen molar-refractivity contribution in [2.24, 2.45) is 0 Å². The smallest absolute Gasteiger partial charge is 0.255 e. The maximum absolute atomic E-state index is 12.1. The highest BCUT2D eigenvalue weighted by Gasteiger charge is 2.10. The number of hydrogen-bond acceptors (Lipinski definition) is 3. The number of hydrogen-bond donors (Lipinski definition) is 2. The number of pyridine rings is 1. The fourth-order valence-corrected chi connectivity index (χ4v) is 1.96. The molecule has 0 aliphatic rings. The number of benzene rings is 1. The van der Waals surface area contributed by atoms with Crippen LogP contribution in [-0.2, 0) is 0 Å². The number of nitrogens with one attached hydrogen (secondary N) is 1. The summed E-state index contributed by atoms with van der Waals surface area (Å²) in [5.74, 6) is -0.167. The van der Waals surface area contributed by atoms with Crippen molar-refractivity contribution in [3.63, 3.8) is 0 Å². The SMILES string of the molecule is Cc1cc(N)ccc1C(=O)Nc1ccncc1Br. The van der Waals surface area contributed by atoms with E-state index in [9.17, 15) is 4.79 Å². The predicted octanol–water partition coefficient (Wildman–Crippen LogP) is 2.99. The average molecular weight is 306 g/mol. The highest BCUT2D eigenvalue weighted by Crippen LogP contribution is 2.21. The summed E-state index contributed by atoms with van der Waals surface area (Å²) in [4.78, 5) is 16.0. The summed E-state index contributed by atoms with van der Waals surface area (Å²) < 4.78 is 0.742. The summed E-state index contributed by atoms with van der Waals surface area (Å²) in [5, 5.41) is 2.82. The number of aryl methyl sites for hydroxylation is 1. The maximum Gasteiger partial charge on any atom is 0.255 e. The van der Waals surface area contributed by atoms with Crippen molar-refractivity contribution in [1.29, 1.82) is 0 Å². The van der Waals surface area contributed by atoms with Crippen molar-refractivity contribution in [3.05, 3.63) is 52.3 Å². The van der Waals surface area contributed by atoms with E-state index in [1.54, 1.807) is 36.7 Å². The number of nitrogens with zero attached hydrogens (tertiary/aromatic N) is 1. The summed E-state index contributed by atoms with van der Waals surface area (Å²) >= 11 is 3.33. The average Bonchev–Trinajstić information content (AvgIpc) is 2.32. The molecule has 2 aromatic rings. The van der Waals surface area contributed by atoms with Gasteiger partial charge in [0.25, 0.3) is 5.91 Å². The molecule has 0 aliphatic heterocycles. The molecule has 1 aromatic heterocycles. The molecule has 0 fully saturated rings. The lowest BCUT2D eigenvalue weighted by Gasteiger charge is -2.09. The van der Waals surface area contributed by atoms with Crippen molar-refractivity contribution in [1.82, 2.24) is 4.98 Å². The Kier molecular flexibility index (Phi) is 3.62. The van der Waals surface area contributed by atoms with Gasteiger partial charge in [0.05, 0.1) is 10.2 Å². The summed E-state index contributed by atoms with van der Waals surface area (Å²) in [7, 11) is 0. The number of halogens is 1. The molecule has 18 heavy (non-hydrogen) atoms. The second-order valence-electron chi connectivity index (χ2n) is 3.88. The quantitative estimate of drug-likeness (QED) is 0.838. The van der Waals surface area contributed by atoms with Crippen molar-refractivity contribution in [3.8, 4) is 0 Å². The second kappa shape index (κ2) is 5.18. The third-order valence-corrected chi connectivity index (χ3v) is 3.15. The fraction of sp³-hybridized carbons (Fsp3) is 0.0769. The molecular weight excluding hydrogens is 294 g/mol. The van der Waals surface area contributed by atoms with Crippen LogP contribution in [0.2, 0.25) is 0 Å². The topological polar surface area (TPSA) is 68.0 Å². The summed E-state index contributed by atoms with van der Waals surface area (Å²) in [6.07, 6.45) is 3.25. The van der Waals surface area contributed by atoms with Crippen molar-refractivity contribution in [2.75, 3.05) is 11.1 Å². The van der Waals surface area contributed by atoms with Gasteiger partial charge in [0.2, 0.25) is 0 Å². The van der Waals surface area contributed by atoms with Crippen LogP contribution < -0.4 is 11.1 Å². The molecule has 4 nitrogen and oxygen atoms in total. The molecule has 0 saturated carbocycles. The summed E-state index contributed by atoms with van der Waals surface area (Å²) in [5.41, 5.74) is 8.44. The Morgan fingerprint density at radius 2 is 2.17 bits per heavy atom. The number of rotatable bonds is 2. The molecule has 0 spiro atoms. The number of aromatic nitrogens is 1. The molecule has 1 heterocycles. The zero-order chi connectivity index (χ0) is 13.1. The van der Waals surface area contributed by atoms with E-state index in [1.165, 1.54) is 0 Å². The van der Waals surface area contributed by atoms with E-state index in [1.807, 2.05) is 6.92 Å². The Labute approximate surface area is 113 Å². The normalized spacial score (nSPS) is 10.1. The van der Waals surface area contributed by atoms with Crippen molar-refractivity contribution in [2.45, 2.75) is 6.92 Å². The third-order valence-electron chi connectivity index (χ3n) is 2.52. The zero-order valence-corrected chi connectivity index (χ0v) is 11.4. The van der Waals surface area contributed by atoms with E-state index in [-0.39, 0.29) is 5.91 Å². The number of carbonyl (C=O) groups is 1. The molecule has 0 bridgehead atoms. The molecule has 0 saturated heterocycles. The Hall–Kier alpha value is -1.88. The molecule has 0 atom stereocenters. The van der Waals surface area contributed by atoms with Crippen LogP contribution in [0.15, 0.2) is 41.1 Å². The molecular formula is C13H12BrN3O. The first-order valence-corrected chi connectivity index (χ1v) is 6.14. The van der Waals surface area contributed by atoms with Gasteiger partial charge in [-0.3, -0.25) is 9.78 Å². The van der Waals surface area contributed by atoms with Gasteiger partial charge in [0, 0.05) is 23.6 Å². The van der Waals surface area contributed by atoms with Gasteiger partial charge in [0.1, 0.15) is 0 Å². The first-order chi connectivity index (χ1) is 8.58. The van der Waals surface area contributed by atoms with Gasteiger partial charge in [-0.25, -0.2) is 0 Å². The van der Waals surface area contributed by atoms with E-state index >= 15 is 0 Å². The van der Waals surface area contributed by atoms with Gasteiger partial charge in [-0.2, -0.15) is 0 Å². The van der Waals surface area contributed by atoms with Gasteiger partial charge in [-0.1, -0.05) is 0 Å². The van der Waals surface area contributed by atoms with Crippen LogP contribution in [0.4, 0.5) is 11.4 Å². The highest BCUT2D eigenvalue weighted by atomic mass is 79.9. The van der Waals surface area contributed by atoms with Crippen LogP contribution >= 0.6 is 15.9 Å². The van der Waals surface area contributed by atoms with Gasteiger partial charge < -0.3 is 11.1 Å². The highest BCUT2D eigenvalue weighted by molar-refractivity contribution is 9.10. The molecule has 5 heteroatoms. The van der Waals surface area contributed by atoms with E-state index < -0.39 is 0 Å². The van der Waals surface area contributed by atoms with Crippen LogP contribution in [0.3, 0.4) is 0 Å². The van der Waals surface area contributed by atoms with Crippen molar-refractivity contribution < 1.29 is 4.79 Å². The first kappa shape index (κ1) is 12.6. The minimum atomic E-state index is -0.167.